The van der Waals surface area contributed by atoms with E-state index in [9.17, 15) is 9.59 Å². The standard InChI is InChI=1S/C15H19BrN2O2/c1-10-9-13(5-6-14(10)16)18(11(2)19)8-7-15(20)17-12-3-4-12/h5-6,9,12H,3-4,7-8H2,1-2H3,(H,17,20). The Labute approximate surface area is 127 Å². The summed E-state index contributed by atoms with van der Waals surface area (Å²) in [5.41, 5.74) is 1.90. The highest BCUT2D eigenvalue weighted by molar-refractivity contribution is 9.10. The van der Waals surface area contributed by atoms with Crippen LogP contribution in [0, 0.1) is 6.92 Å². The van der Waals surface area contributed by atoms with E-state index in [1.807, 2.05) is 25.1 Å². The van der Waals surface area contributed by atoms with Crippen molar-refractivity contribution >= 4 is 33.4 Å². The Bertz CT molecular complexity index is 527. The Morgan fingerprint density at radius 2 is 2.10 bits per heavy atom. The quantitative estimate of drug-likeness (QED) is 0.897. The first-order valence-corrected chi connectivity index (χ1v) is 7.60. The molecule has 0 aromatic heterocycles. The van der Waals surface area contributed by atoms with E-state index >= 15 is 0 Å². The summed E-state index contributed by atoms with van der Waals surface area (Å²) in [5.74, 6) is -0.0291. The van der Waals surface area contributed by atoms with Crippen molar-refractivity contribution in [3.05, 3.63) is 28.2 Å². The molecular weight excluding hydrogens is 320 g/mol. The zero-order valence-corrected chi connectivity index (χ0v) is 13.4. The second-order valence-corrected chi connectivity index (χ2v) is 6.05. The topological polar surface area (TPSA) is 49.4 Å². The molecule has 0 aliphatic heterocycles. The van der Waals surface area contributed by atoms with Gasteiger partial charge < -0.3 is 10.2 Å². The molecule has 0 saturated heterocycles. The average molecular weight is 339 g/mol. The minimum Gasteiger partial charge on any atom is -0.353 e. The van der Waals surface area contributed by atoms with Gasteiger partial charge in [-0.2, -0.15) is 0 Å². The molecule has 2 amide bonds. The van der Waals surface area contributed by atoms with Gasteiger partial charge in [0.05, 0.1) is 0 Å². The SMILES string of the molecule is CC(=O)N(CCC(=O)NC1CC1)c1ccc(Br)c(C)c1. The van der Waals surface area contributed by atoms with Crippen LogP contribution in [0.5, 0.6) is 0 Å². The number of carbonyl (C=O) groups excluding carboxylic acids is 2. The normalized spacial score (nSPS) is 13.9. The lowest BCUT2D eigenvalue weighted by molar-refractivity contribution is -0.121. The Hall–Kier alpha value is -1.36. The number of hydrogen-bond donors (Lipinski definition) is 1. The molecule has 0 heterocycles. The van der Waals surface area contributed by atoms with Crippen molar-refractivity contribution in [2.45, 2.75) is 39.2 Å². The van der Waals surface area contributed by atoms with Gasteiger partial charge in [-0.1, -0.05) is 15.9 Å². The highest BCUT2D eigenvalue weighted by atomic mass is 79.9. The lowest BCUT2D eigenvalue weighted by atomic mass is 10.2. The van der Waals surface area contributed by atoms with Crippen molar-refractivity contribution in [3.8, 4) is 0 Å². The van der Waals surface area contributed by atoms with Crippen molar-refractivity contribution < 1.29 is 9.59 Å². The summed E-state index contributed by atoms with van der Waals surface area (Å²) in [5, 5.41) is 2.94. The maximum Gasteiger partial charge on any atom is 0.223 e. The summed E-state index contributed by atoms with van der Waals surface area (Å²) in [4.78, 5) is 25.1. The second-order valence-electron chi connectivity index (χ2n) is 5.20. The molecule has 1 aliphatic rings. The Morgan fingerprint density at radius 1 is 1.40 bits per heavy atom. The van der Waals surface area contributed by atoms with Gasteiger partial charge in [-0.15, -0.1) is 0 Å². The molecule has 108 valence electrons. The molecule has 1 aromatic carbocycles. The zero-order valence-electron chi connectivity index (χ0n) is 11.8. The van der Waals surface area contributed by atoms with Gasteiger partial charge >= 0.3 is 0 Å². The molecule has 4 nitrogen and oxygen atoms in total. The first-order chi connectivity index (χ1) is 9.47. The van der Waals surface area contributed by atoms with Gasteiger partial charge in [0.2, 0.25) is 11.8 Å². The van der Waals surface area contributed by atoms with Crippen molar-refractivity contribution in [1.82, 2.24) is 5.32 Å². The molecule has 0 atom stereocenters. The molecule has 0 bridgehead atoms. The van der Waals surface area contributed by atoms with E-state index in [1.165, 1.54) is 6.92 Å². The highest BCUT2D eigenvalue weighted by Crippen LogP contribution is 2.23. The predicted octanol–water partition coefficient (Wildman–Crippen LogP) is 2.78. The summed E-state index contributed by atoms with van der Waals surface area (Å²) in [7, 11) is 0. The zero-order chi connectivity index (χ0) is 14.7. The van der Waals surface area contributed by atoms with Gasteiger partial charge in [0.1, 0.15) is 0 Å². The Kier molecular flexibility index (Phi) is 4.81. The van der Waals surface area contributed by atoms with E-state index < -0.39 is 0 Å². The fourth-order valence-corrected chi connectivity index (χ4v) is 2.25. The number of aryl methyl sites for hydroxylation is 1. The van der Waals surface area contributed by atoms with E-state index in [2.05, 4.69) is 21.2 Å². The average Bonchev–Trinajstić information content (AvgIpc) is 3.17. The molecule has 1 aromatic rings. The number of hydrogen-bond acceptors (Lipinski definition) is 2. The maximum atomic E-state index is 11.8. The molecule has 1 saturated carbocycles. The number of benzene rings is 1. The van der Waals surface area contributed by atoms with E-state index in [0.29, 0.717) is 19.0 Å². The molecule has 20 heavy (non-hydrogen) atoms. The Balaban J connectivity index is 2.00. The van der Waals surface area contributed by atoms with Crippen LogP contribution in [0.4, 0.5) is 5.69 Å². The fourth-order valence-electron chi connectivity index (χ4n) is 2.01. The lowest BCUT2D eigenvalue weighted by Gasteiger charge is -2.21. The number of nitrogens with zero attached hydrogens (tertiary/aromatic N) is 1. The van der Waals surface area contributed by atoms with Gasteiger partial charge in [-0.3, -0.25) is 9.59 Å². The monoisotopic (exact) mass is 338 g/mol. The largest absolute Gasteiger partial charge is 0.353 e. The van der Waals surface area contributed by atoms with Crippen LogP contribution >= 0.6 is 15.9 Å². The van der Waals surface area contributed by atoms with E-state index in [4.69, 9.17) is 0 Å². The minimum atomic E-state index is -0.0501. The van der Waals surface area contributed by atoms with Crippen LogP contribution in [0.25, 0.3) is 0 Å². The van der Waals surface area contributed by atoms with Crippen LogP contribution in [-0.2, 0) is 9.59 Å². The summed E-state index contributed by atoms with van der Waals surface area (Å²) in [6.07, 6.45) is 2.49. The van der Waals surface area contributed by atoms with Crippen LogP contribution in [0.3, 0.4) is 0 Å². The molecule has 2 rings (SSSR count). The number of amides is 2. The summed E-state index contributed by atoms with van der Waals surface area (Å²) in [6.45, 7) is 3.91. The van der Waals surface area contributed by atoms with Crippen molar-refractivity contribution in [3.63, 3.8) is 0 Å². The number of rotatable bonds is 5. The van der Waals surface area contributed by atoms with Crippen LogP contribution in [0.2, 0.25) is 0 Å². The van der Waals surface area contributed by atoms with Gasteiger partial charge in [-0.05, 0) is 43.5 Å². The predicted molar refractivity (Wildman–Crippen MR) is 82.7 cm³/mol. The van der Waals surface area contributed by atoms with Gasteiger partial charge in [0.15, 0.2) is 0 Å². The van der Waals surface area contributed by atoms with Crippen molar-refractivity contribution in [2.24, 2.45) is 0 Å². The van der Waals surface area contributed by atoms with Crippen LogP contribution in [-0.4, -0.2) is 24.4 Å². The molecule has 0 spiro atoms. The van der Waals surface area contributed by atoms with Gasteiger partial charge in [0.25, 0.3) is 0 Å². The molecule has 0 unspecified atom stereocenters. The third-order valence-corrected chi connectivity index (χ3v) is 4.23. The van der Waals surface area contributed by atoms with E-state index in [-0.39, 0.29) is 11.8 Å². The molecule has 1 fully saturated rings. The summed E-state index contributed by atoms with van der Waals surface area (Å²) in [6, 6.07) is 6.12. The van der Waals surface area contributed by atoms with Gasteiger partial charge in [0, 0.05) is 36.1 Å². The Morgan fingerprint density at radius 3 is 2.65 bits per heavy atom. The molecular formula is C15H19BrN2O2. The molecule has 1 N–H and O–H groups in total. The smallest absolute Gasteiger partial charge is 0.223 e. The molecule has 5 heteroatoms. The van der Waals surface area contributed by atoms with Crippen LogP contribution in [0.15, 0.2) is 22.7 Å². The number of nitrogens with one attached hydrogen (secondary N) is 1. The first-order valence-electron chi connectivity index (χ1n) is 6.81. The number of carbonyl (C=O) groups is 2. The summed E-state index contributed by atoms with van der Waals surface area (Å²) < 4.78 is 1.01. The highest BCUT2D eigenvalue weighted by Gasteiger charge is 2.23. The fraction of sp³-hybridized carbons (Fsp3) is 0.467. The first kappa shape index (κ1) is 15.0. The second kappa shape index (κ2) is 6.39. The number of halogens is 1. The van der Waals surface area contributed by atoms with E-state index in [1.54, 1.807) is 4.90 Å². The molecule has 1 aliphatic carbocycles. The molecule has 0 radical (unpaired) electrons. The number of anilines is 1. The van der Waals surface area contributed by atoms with Crippen molar-refractivity contribution in [2.75, 3.05) is 11.4 Å². The van der Waals surface area contributed by atoms with E-state index in [0.717, 1.165) is 28.6 Å². The third-order valence-electron chi connectivity index (χ3n) is 3.34. The van der Waals surface area contributed by atoms with Crippen LogP contribution < -0.4 is 10.2 Å². The summed E-state index contributed by atoms with van der Waals surface area (Å²) >= 11 is 3.44. The van der Waals surface area contributed by atoms with Crippen molar-refractivity contribution in [1.29, 1.82) is 0 Å². The minimum absolute atomic E-state index is 0.0209. The lowest BCUT2D eigenvalue weighted by Crippen LogP contribution is -2.34. The third kappa shape index (κ3) is 4.07. The maximum absolute atomic E-state index is 11.8. The van der Waals surface area contributed by atoms with Gasteiger partial charge in [-0.25, -0.2) is 0 Å². The van der Waals surface area contributed by atoms with Crippen LogP contribution in [0.1, 0.15) is 31.7 Å².